The maximum Gasteiger partial charge on any atom is 0.244 e. The van der Waals surface area contributed by atoms with E-state index in [4.69, 9.17) is 5.73 Å². The molecule has 20 heavy (non-hydrogen) atoms. The van der Waals surface area contributed by atoms with E-state index in [2.05, 4.69) is 16.6 Å². The van der Waals surface area contributed by atoms with E-state index in [0.717, 1.165) is 18.8 Å². The summed E-state index contributed by atoms with van der Waals surface area (Å²) < 4.78 is 27.0. The van der Waals surface area contributed by atoms with Crippen LogP contribution in [0.1, 0.15) is 39.0 Å². The molecule has 0 saturated heterocycles. The number of nitrogens with zero attached hydrogens (tertiary/aromatic N) is 1. The van der Waals surface area contributed by atoms with E-state index < -0.39 is 10.0 Å². The van der Waals surface area contributed by atoms with Crippen LogP contribution in [0.2, 0.25) is 0 Å². The zero-order chi connectivity index (χ0) is 14.6. The molecule has 0 aromatic carbocycles. The Balaban J connectivity index is 1.92. The van der Waals surface area contributed by atoms with E-state index >= 15 is 0 Å². The molecule has 1 aliphatic carbocycles. The minimum absolute atomic E-state index is 0.0715. The summed E-state index contributed by atoms with van der Waals surface area (Å²) in [6.07, 6.45) is 8.62. The molecule has 0 unspecified atom stereocenters. The van der Waals surface area contributed by atoms with E-state index in [9.17, 15) is 8.42 Å². The van der Waals surface area contributed by atoms with E-state index in [1.54, 1.807) is 0 Å². The van der Waals surface area contributed by atoms with Crippen molar-refractivity contribution in [3.8, 4) is 0 Å². The van der Waals surface area contributed by atoms with E-state index in [1.165, 1.54) is 37.7 Å². The summed E-state index contributed by atoms with van der Waals surface area (Å²) in [5.74, 6) is 1.25. The second-order valence-corrected chi connectivity index (χ2v) is 7.30. The topological polar surface area (TPSA) is 85.1 Å². The van der Waals surface area contributed by atoms with Gasteiger partial charge in [0.1, 0.15) is 4.90 Å². The van der Waals surface area contributed by atoms with Gasteiger partial charge in [0.15, 0.2) is 0 Å². The van der Waals surface area contributed by atoms with Gasteiger partial charge in [-0.1, -0.05) is 26.2 Å². The lowest BCUT2D eigenvalue weighted by atomic mass is 9.81. The van der Waals surface area contributed by atoms with Gasteiger partial charge in [-0.2, -0.15) is 0 Å². The molecular formula is C14H23N3O2S. The van der Waals surface area contributed by atoms with E-state index in [0.29, 0.717) is 12.5 Å². The normalized spacial score (nSPS) is 23.6. The molecule has 0 spiro atoms. The van der Waals surface area contributed by atoms with Crippen molar-refractivity contribution in [2.45, 2.75) is 43.9 Å². The number of sulfonamides is 1. The standard InChI is InChI=1S/C14H23N3O2S/c1-2-11-3-5-12(6-4-11)9-17-20(18,19)14-10-16-8-7-13(14)15/h7-8,10-12,17H,2-6,9H2,1H3,(H2,15,16). The van der Waals surface area contributed by atoms with Crippen LogP contribution in [0.25, 0.3) is 0 Å². The van der Waals surface area contributed by atoms with Gasteiger partial charge in [-0.25, -0.2) is 13.1 Å². The number of nitrogen functional groups attached to an aromatic ring is 1. The van der Waals surface area contributed by atoms with Crippen molar-refractivity contribution in [2.24, 2.45) is 11.8 Å². The van der Waals surface area contributed by atoms with Crippen LogP contribution < -0.4 is 10.5 Å². The number of nitrogens with two attached hydrogens (primary N) is 1. The summed E-state index contributed by atoms with van der Waals surface area (Å²) in [6, 6.07) is 1.50. The first-order valence-corrected chi connectivity index (χ1v) is 8.70. The van der Waals surface area contributed by atoms with Gasteiger partial charge in [0, 0.05) is 18.9 Å². The van der Waals surface area contributed by atoms with Crippen LogP contribution in [0, 0.1) is 11.8 Å². The Morgan fingerprint density at radius 1 is 1.30 bits per heavy atom. The molecular weight excluding hydrogens is 274 g/mol. The van der Waals surface area contributed by atoms with E-state index in [1.807, 2.05) is 0 Å². The van der Waals surface area contributed by atoms with Crippen LogP contribution >= 0.6 is 0 Å². The number of pyridine rings is 1. The molecule has 6 heteroatoms. The van der Waals surface area contributed by atoms with Crippen molar-refractivity contribution in [2.75, 3.05) is 12.3 Å². The molecule has 1 fully saturated rings. The minimum atomic E-state index is -3.55. The van der Waals surface area contributed by atoms with Crippen LogP contribution in [0.5, 0.6) is 0 Å². The van der Waals surface area contributed by atoms with Gasteiger partial charge in [0.25, 0.3) is 0 Å². The quantitative estimate of drug-likeness (QED) is 0.872. The molecule has 1 saturated carbocycles. The highest BCUT2D eigenvalue weighted by Crippen LogP contribution is 2.30. The van der Waals surface area contributed by atoms with Gasteiger partial charge in [0.2, 0.25) is 10.0 Å². The largest absolute Gasteiger partial charge is 0.398 e. The van der Waals surface area contributed by atoms with Crippen molar-refractivity contribution in [3.63, 3.8) is 0 Å². The first kappa shape index (κ1) is 15.3. The molecule has 3 N–H and O–H groups in total. The summed E-state index contributed by atoms with van der Waals surface area (Å²) in [5, 5.41) is 0. The SMILES string of the molecule is CCC1CCC(CNS(=O)(=O)c2cnccc2N)CC1. The molecule has 0 atom stereocenters. The Bertz CT molecular complexity index is 537. The summed E-state index contributed by atoms with van der Waals surface area (Å²) >= 11 is 0. The maximum absolute atomic E-state index is 12.2. The fourth-order valence-corrected chi connectivity index (χ4v) is 3.95. The molecule has 2 rings (SSSR count). The third kappa shape index (κ3) is 3.70. The zero-order valence-corrected chi connectivity index (χ0v) is 12.7. The second-order valence-electron chi connectivity index (χ2n) is 5.56. The predicted octanol–water partition coefficient (Wildman–Crippen LogP) is 2.16. The Morgan fingerprint density at radius 3 is 2.55 bits per heavy atom. The summed E-state index contributed by atoms with van der Waals surface area (Å²) in [4.78, 5) is 3.90. The molecule has 5 nitrogen and oxygen atoms in total. The van der Waals surface area contributed by atoms with Crippen LogP contribution in [0.15, 0.2) is 23.4 Å². The maximum atomic E-state index is 12.2. The molecule has 1 aromatic heterocycles. The first-order valence-electron chi connectivity index (χ1n) is 7.22. The Labute approximate surface area is 121 Å². The number of aromatic nitrogens is 1. The number of hydrogen-bond donors (Lipinski definition) is 2. The van der Waals surface area contributed by atoms with Crippen molar-refractivity contribution in [1.29, 1.82) is 0 Å². The molecule has 1 aliphatic rings. The lowest BCUT2D eigenvalue weighted by molar-refractivity contribution is 0.270. The van der Waals surface area contributed by atoms with Crippen LogP contribution in [-0.4, -0.2) is 19.9 Å². The Kier molecular flexibility index (Phi) is 4.99. The van der Waals surface area contributed by atoms with Crippen molar-refractivity contribution < 1.29 is 8.42 Å². The Morgan fingerprint density at radius 2 is 1.95 bits per heavy atom. The van der Waals surface area contributed by atoms with Gasteiger partial charge < -0.3 is 5.73 Å². The highest BCUT2D eigenvalue weighted by Gasteiger charge is 2.23. The summed E-state index contributed by atoms with van der Waals surface area (Å²) in [5.41, 5.74) is 5.93. The van der Waals surface area contributed by atoms with Crippen molar-refractivity contribution in [1.82, 2.24) is 9.71 Å². The van der Waals surface area contributed by atoms with Crippen molar-refractivity contribution >= 4 is 15.7 Å². The average molecular weight is 297 g/mol. The van der Waals surface area contributed by atoms with Gasteiger partial charge >= 0.3 is 0 Å². The molecule has 112 valence electrons. The van der Waals surface area contributed by atoms with Crippen LogP contribution in [-0.2, 0) is 10.0 Å². The number of hydrogen-bond acceptors (Lipinski definition) is 4. The summed E-state index contributed by atoms with van der Waals surface area (Å²) in [7, 11) is -3.55. The highest BCUT2D eigenvalue weighted by molar-refractivity contribution is 7.89. The van der Waals surface area contributed by atoms with E-state index in [-0.39, 0.29) is 10.6 Å². The zero-order valence-electron chi connectivity index (χ0n) is 11.9. The Hall–Kier alpha value is -1.14. The lowest BCUT2D eigenvalue weighted by Crippen LogP contribution is -2.31. The van der Waals surface area contributed by atoms with Gasteiger partial charge in [-0.05, 0) is 30.7 Å². The monoisotopic (exact) mass is 297 g/mol. The third-order valence-corrected chi connectivity index (χ3v) is 5.68. The lowest BCUT2D eigenvalue weighted by Gasteiger charge is -2.27. The van der Waals surface area contributed by atoms with Crippen molar-refractivity contribution in [3.05, 3.63) is 18.5 Å². The first-order chi connectivity index (χ1) is 9.53. The van der Waals surface area contributed by atoms with Gasteiger partial charge in [-0.15, -0.1) is 0 Å². The fraction of sp³-hybridized carbons (Fsp3) is 0.643. The number of rotatable bonds is 5. The fourth-order valence-electron chi connectivity index (χ4n) is 2.76. The highest BCUT2D eigenvalue weighted by atomic mass is 32.2. The number of anilines is 1. The van der Waals surface area contributed by atoms with Crippen LogP contribution in [0.4, 0.5) is 5.69 Å². The molecule has 1 aromatic rings. The third-order valence-electron chi connectivity index (χ3n) is 4.21. The van der Waals surface area contributed by atoms with Gasteiger partial charge in [0.05, 0.1) is 5.69 Å². The predicted molar refractivity (Wildman–Crippen MR) is 79.6 cm³/mol. The van der Waals surface area contributed by atoms with Crippen LogP contribution in [0.3, 0.4) is 0 Å². The molecule has 0 amide bonds. The second kappa shape index (κ2) is 6.54. The average Bonchev–Trinajstić information content (AvgIpc) is 2.46. The smallest absolute Gasteiger partial charge is 0.244 e. The number of nitrogens with one attached hydrogen (secondary N) is 1. The summed E-state index contributed by atoms with van der Waals surface area (Å²) in [6.45, 7) is 2.71. The molecule has 0 radical (unpaired) electrons. The molecule has 0 bridgehead atoms. The molecule has 1 heterocycles. The minimum Gasteiger partial charge on any atom is -0.398 e. The molecule has 0 aliphatic heterocycles. The van der Waals surface area contributed by atoms with Gasteiger partial charge in [-0.3, -0.25) is 4.98 Å².